The van der Waals surface area contributed by atoms with Gasteiger partial charge in [-0.15, -0.1) is 0 Å². The van der Waals surface area contributed by atoms with Gasteiger partial charge in [-0.2, -0.15) is 0 Å². The number of pyridine rings is 2. The van der Waals surface area contributed by atoms with E-state index in [1.54, 1.807) is 6.07 Å². The van der Waals surface area contributed by atoms with Crippen molar-refractivity contribution in [3.05, 3.63) is 80.6 Å². The van der Waals surface area contributed by atoms with Crippen LogP contribution in [0.4, 0.5) is 0 Å². The van der Waals surface area contributed by atoms with Gasteiger partial charge < -0.3 is 14.9 Å². The average molecular weight is 440 g/mol. The summed E-state index contributed by atoms with van der Waals surface area (Å²) in [7, 11) is 0. The molecule has 5 nitrogen and oxygen atoms in total. The van der Waals surface area contributed by atoms with Crippen molar-refractivity contribution in [1.82, 2.24) is 14.9 Å². The fourth-order valence-corrected chi connectivity index (χ4v) is 4.85. The number of aromatic nitrogens is 2. The highest BCUT2D eigenvalue weighted by molar-refractivity contribution is 6.02. The van der Waals surface area contributed by atoms with Crippen LogP contribution in [0.5, 0.6) is 0 Å². The van der Waals surface area contributed by atoms with Crippen molar-refractivity contribution < 1.29 is 0 Å². The monoisotopic (exact) mass is 439 g/mol. The molecule has 2 N–H and O–H groups in total. The van der Waals surface area contributed by atoms with Crippen molar-refractivity contribution in [3.8, 4) is 0 Å². The molecule has 5 rings (SSSR count). The predicted octanol–water partition coefficient (Wildman–Crippen LogP) is 5.34. The topological polar surface area (TPSA) is 69.0 Å². The number of hydrogen-bond acceptors (Lipinski definition) is 3. The number of para-hydroxylation sites is 1. The highest BCUT2D eigenvalue weighted by atomic mass is 16.1. The summed E-state index contributed by atoms with van der Waals surface area (Å²) in [6.07, 6.45) is 3.22. The summed E-state index contributed by atoms with van der Waals surface area (Å²) in [6.45, 7) is 7.63. The van der Waals surface area contributed by atoms with E-state index in [-0.39, 0.29) is 10.9 Å². The zero-order chi connectivity index (χ0) is 22.9. The Kier molecular flexibility index (Phi) is 5.73. The minimum Gasteiger partial charge on any atom is -0.354 e. The number of H-pyrrole nitrogens is 2. The number of rotatable bonds is 7. The van der Waals surface area contributed by atoms with E-state index >= 15 is 0 Å². The first-order chi connectivity index (χ1) is 16.1. The largest absolute Gasteiger partial charge is 0.354 e. The third kappa shape index (κ3) is 3.93. The van der Waals surface area contributed by atoms with E-state index in [4.69, 9.17) is 0 Å². The normalized spacial score (nSPS) is 12.0. The summed E-state index contributed by atoms with van der Waals surface area (Å²) in [5, 5.41) is 2.52. The highest BCUT2D eigenvalue weighted by Crippen LogP contribution is 2.22. The molecular weight excluding hydrogens is 410 g/mol. The number of nitrogens with one attached hydrogen (secondary N) is 2. The molecule has 0 radical (unpaired) electrons. The van der Waals surface area contributed by atoms with Crippen LogP contribution >= 0.6 is 0 Å². The third-order valence-corrected chi connectivity index (χ3v) is 6.48. The molecule has 0 fully saturated rings. The van der Waals surface area contributed by atoms with Crippen LogP contribution in [0.15, 0.2) is 64.2 Å². The van der Waals surface area contributed by atoms with Crippen LogP contribution in [-0.4, -0.2) is 34.5 Å². The van der Waals surface area contributed by atoms with Crippen LogP contribution in [0.1, 0.15) is 32.3 Å². The maximum Gasteiger partial charge on any atom is 0.197 e. The van der Waals surface area contributed by atoms with E-state index < -0.39 is 0 Å². The van der Waals surface area contributed by atoms with E-state index in [1.165, 1.54) is 5.56 Å². The Morgan fingerprint density at radius 2 is 1.21 bits per heavy atom. The van der Waals surface area contributed by atoms with Crippen molar-refractivity contribution >= 4 is 43.6 Å². The van der Waals surface area contributed by atoms with Crippen LogP contribution < -0.4 is 10.9 Å². The van der Waals surface area contributed by atoms with Crippen LogP contribution in [0.3, 0.4) is 0 Å². The van der Waals surface area contributed by atoms with Gasteiger partial charge in [0.2, 0.25) is 0 Å². The molecule has 0 atom stereocenters. The predicted molar refractivity (Wildman–Crippen MR) is 138 cm³/mol. The first kappa shape index (κ1) is 21.4. The second kappa shape index (κ2) is 8.83. The van der Waals surface area contributed by atoms with Gasteiger partial charge in [-0.1, -0.05) is 32.0 Å². The van der Waals surface area contributed by atoms with Crippen molar-refractivity contribution in [2.24, 2.45) is 0 Å². The Labute approximate surface area is 192 Å². The number of aromatic amines is 2. The number of benzene rings is 3. The second-order valence-corrected chi connectivity index (χ2v) is 8.87. The molecule has 0 bridgehead atoms. The van der Waals surface area contributed by atoms with Crippen molar-refractivity contribution in [2.45, 2.75) is 33.1 Å². The second-order valence-electron chi connectivity index (χ2n) is 8.87. The molecule has 0 aliphatic carbocycles. The summed E-state index contributed by atoms with van der Waals surface area (Å²) in [4.78, 5) is 35.7. The molecule has 3 aromatic carbocycles. The molecule has 0 spiro atoms. The van der Waals surface area contributed by atoms with Crippen molar-refractivity contribution in [3.63, 3.8) is 0 Å². The lowest BCUT2D eigenvalue weighted by molar-refractivity contribution is 0.278. The summed E-state index contributed by atoms with van der Waals surface area (Å²) in [5.41, 5.74) is 4.08. The number of hydrogen-bond donors (Lipinski definition) is 2. The van der Waals surface area contributed by atoms with E-state index in [1.807, 2.05) is 42.5 Å². The smallest absolute Gasteiger partial charge is 0.197 e. The minimum absolute atomic E-state index is 0.00419. The molecule has 0 amide bonds. The van der Waals surface area contributed by atoms with Gasteiger partial charge in [0.25, 0.3) is 0 Å². The maximum atomic E-state index is 13.5. The van der Waals surface area contributed by atoms with Crippen LogP contribution in [0.25, 0.3) is 43.6 Å². The Balaban J connectivity index is 1.61. The van der Waals surface area contributed by atoms with Gasteiger partial charge in [-0.25, -0.2) is 0 Å². The van der Waals surface area contributed by atoms with Gasteiger partial charge in [-0.05, 0) is 74.3 Å². The summed E-state index contributed by atoms with van der Waals surface area (Å²) in [5.74, 6) is 0. The summed E-state index contributed by atoms with van der Waals surface area (Å²) >= 11 is 0. The molecular formula is C28H29N3O2. The number of fused-ring (bicyclic) bond motifs is 4. The van der Waals surface area contributed by atoms with E-state index in [2.05, 4.69) is 34.8 Å². The van der Waals surface area contributed by atoms with Crippen molar-refractivity contribution in [2.75, 3.05) is 19.6 Å². The van der Waals surface area contributed by atoms with Gasteiger partial charge in [0.05, 0.1) is 11.0 Å². The Morgan fingerprint density at radius 3 is 1.88 bits per heavy atom. The van der Waals surface area contributed by atoms with Crippen LogP contribution in [-0.2, 0) is 6.42 Å². The lowest BCUT2D eigenvalue weighted by Crippen LogP contribution is -2.27. The van der Waals surface area contributed by atoms with Crippen LogP contribution in [0, 0.1) is 0 Å². The Hall–Kier alpha value is -3.44. The van der Waals surface area contributed by atoms with Gasteiger partial charge >= 0.3 is 0 Å². The molecule has 0 saturated carbocycles. The molecule has 0 aliphatic heterocycles. The Morgan fingerprint density at radius 1 is 0.636 bits per heavy atom. The van der Waals surface area contributed by atoms with E-state index in [9.17, 15) is 9.59 Å². The fourth-order valence-electron chi connectivity index (χ4n) is 4.85. The highest BCUT2D eigenvalue weighted by Gasteiger charge is 2.12. The fraction of sp³-hybridized carbons (Fsp3) is 0.286. The molecule has 2 heterocycles. The van der Waals surface area contributed by atoms with E-state index in [0.29, 0.717) is 32.6 Å². The molecule has 0 saturated heterocycles. The third-order valence-electron chi connectivity index (χ3n) is 6.48. The van der Waals surface area contributed by atoms with Crippen molar-refractivity contribution in [1.29, 1.82) is 0 Å². The molecule has 5 aromatic rings. The average Bonchev–Trinajstić information content (AvgIpc) is 2.83. The molecule has 33 heavy (non-hydrogen) atoms. The quantitative estimate of drug-likeness (QED) is 0.336. The van der Waals surface area contributed by atoms with Gasteiger partial charge in [0.1, 0.15) is 0 Å². The maximum absolute atomic E-state index is 13.5. The van der Waals surface area contributed by atoms with Gasteiger partial charge in [-0.3, -0.25) is 9.59 Å². The first-order valence-electron chi connectivity index (χ1n) is 11.8. The summed E-state index contributed by atoms with van der Waals surface area (Å²) in [6, 6.07) is 17.2. The summed E-state index contributed by atoms with van der Waals surface area (Å²) < 4.78 is 0. The van der Waals surface area contributed by atoms with Crippen LogP contribution in [0.2, 0.25) is 0 Å². The standard InChI is InChI=1S/C28H29N3O2/c1-3-12-31(13-4-2)14-11-18-9-10-24-20(15-18)28(33)22-17-25-21(16-26(22)30-24)27(32)19-7-5-6-8-23(19)29-25/h5-10,15-17H,3-4,11-14H2,1-2H3,(H,29,32)(H,30,33). The minimum atomic E-state index is -0.0266. The SMILES string of the molecule is CCCN(CCC)CCc1ccc2[nH]c3cc4c(=O)c5ccccc5[nH]c4cc3c(=O)c2c1. The molecule has 0 aliphatic rings. The lowest BCUT2D eigenvalue weighted by Gasteiger charge is -2.20. The zero-order valence-electron chi connectivity index (χ0n) is 19.2. The molecule has 2 aromatic heterocycles. The zero-order valence-corrected chi connectivity index (χ0v) is 19.2. The Bertz CT molecular complexity index is 1590. The lowest BCUT2D eigenvalue weighted by atomic mass is 10.0. The first-order valence-corrected chi connectivity index (χ1v) is 11.8. The molecule has 5 heteroatoms. The molecule has 0 unspecified atom stereocenters. The number of nitrogens with zero attached hydrogens (tertiary/aromatic N) is 1. The van der Waals surface area contributed by atoms with Gasteiger partial charge in [0, 0.05) is 39.1 Å². The molecule has 168 valence electrons. The van der Waals surface area contributed by atoms with Gasteiger partial charge in [0.15, 0.2) is 10.9 Å². The van der Waals surface area contributed by atoms with E-state index in [0.717, 1.165) is 49.9 Å².